The minimum Gasteiger partial charge on any atom is -0.495 e. The Hall–Kier alpha value is -2.19. The van der Waals surface area contributed by atoms with Crippen LogP contribution >= 0.6 is 0 Å². The molecule has 2 amide bonds. The molecule has 0 unspecified atom stereocenters. The number of allylic oxidation sites excluding steroid dienone is 2. The average Bonchev–Trinajstić information content (AvgIpc) is 2.86. The van der Waals surface area contributed by atoms with Crippen LogP contribution in [0.3, 0.4) is 0 Å². The first-order chi connectivity index (χ1) is 12.8. The Balaban J connectivity index is 1.52. The number of sulfonamides is 1. The molecule has 27 heavy (non-hydrogen) atoms. The maximum Gasteiger partial charge on any atom is 0.246 e. The van der Waals surface area contributed by atoms with E-state index < -0.39 is 10.0 Å². The average molecular weight is 390 g/mol. The fourth-order valence-electron chi connectivity index (χ4n) is 4.09. The first kappa shape index (κ1) is 18.2. The molecule has 2 heterocycles. The van der Waals surface area contributed by atoms with Crippen molar-refractivity contribution in [3.63, 3.8) is 0 Å². The number of imide groups is 1. The van der Waals surface area contributed by atoms with Gasteiger partial charge in [-0.2, -0.15) is 4.31 Å². The molecular weight excluding hydrogens is 368 g/mol. The molecule has 2 fully saturated rings. The molecular formula is C19H22N2O5S. The number of ether oxygens (including phenoxy) is 1. The number of amides is 2. The predicted octanol–water partition coefficient (Wildman–Crippen LogP) is 1.33. The van der Waals surface area contributed by atoms with E-state index in [9.17, 15) is 18.0 Å². The summed E-state index contributed by atoms with van der Waals surface area (Å²) in [5, 5.41) is 0. The van der Waals surface area contributed by atoms with Gasteiger partial charge in [-0.1, -0.05) is 18.2 Å². The topological polar surface area (TPSA) is 84.0 Å². The molecule has 144 valence electrons. The van der Waals surface area contributed by atoms with Crippen molar-refractivity contribution in [3.8, 4) is 5.75 Å². The van der Waals surface area contributed by atoms with Gasteiger partial charge >= 0.3 is 0 Å². The number of benzene rings is 1. The Morgan fingerprint density at radius 1 is 1.04 bits per heavy atom. The van der Waals surface area contributed by atoms with Gasteiger partial charge in [0.25, 0.3) is 0 Å². The predicted molar refractivity (Wildman–Crippen MR) is 97.5 cm³/mol. The van der Waals surface area contributed by atoms with Gasteiger partial charge in [0.1, 0.15) is 10.6 Å². The number of carbonyl (C=O) groups is 2. The number of carbonyl (C=O) groups excluding carboxylic acids is 2. The highest BCUT2D eigenvalue weighted by Gasteiger charge is 2.53. The van der Waals surface area contributed by atoms with E-state index in [-0.39, 0.29) is 53.4 Å². The molecule has 1 aromatic rings. The molecule has 0 N–H and O–H groups in total. The smallest absolute Gasteiger partial charge is 0.246 e. The molecule has 2 aliphatic heterocycles. The maximum atomic E-state index is 13.0. The number of hydrogen-bond donors (Lipinski definition) is 0. The summed E-state index contributed by atoms with van der Waals surface area (Å²) >= 11 is 0. The molecule has 0 radical (unpaired) electrons. The maximum absolute atomic E-state index is 13.0. The molecule has 0 saturated carbocycles. The van der Waals surface area contributed by atoms with Gasteiger partial charge in [0, 0.05) is 13.1 Å². The van der Waals surface area contributed by atoms with E-state index >= 15 is 0 Å². The molecule has 0 aromatic heterocycles. The number of rotatable bonds is 4. The van der Waals surface area contributed by atoms with Crippen molar-refractivity contribution >= 4 is 21.8 Å². The second-order valence-corrected chi connectivity index (χ2v) is 9.24. The Morgan fingerprint density at radius 2 is 1.63 bits per heavy atom. The molecule has 0 spiro atoms. The number of fused-ring (bicyclic) bond motifs is 1. The van der Waals surface area contributed by atoms with Gasteiger partial charge in [-0.25, -0.2) is 8.42 Å². The van der Waals surface area contributed by atoms with E-state index in [1.807, 2.05) is 19.1 Å². The van der Waals surface area contributed by atoms with Gasteiger partial charge in [-0.15, -0.1) is 0 Å². The zero-order valence-electron chi connectivity index (χ0n) is 15.3. The Kier molecular flexibility index (Phi) is 4.35. The zero-order valence-corrected chi connectivity index (χ0v) is 16.1. The number of likely N-dealkylation sites (tertiary alicyclic amines) is 1. The van der Waals surface area contributed by atoms with Crippen molar-refractivity contribution in [1.29, 1.82) is 0 Å². The number of nitrogens with zero attached hydrogens (tertiary/aromatic N) is 2. The zero-order chi connectivity index (χ0) is 19.3. The summed E-state index contributed by atoms with van der Waals surface area (Å²) in [6.45, 7) is 2.07. The first-order valence-electron chi connectivity index (χ1n) is 9.01. The van der Waals surface area contributed by atoms with Crippen molar-refractivity contribution in [2.45, 2.75) is 30.7 Å². The van der Waals surface area contributed by atoms with Crippen LogP contribution in [0.15, 0.2) is 35.2 Å². The number of aryl methyl sites for hydroxylation is 1. The quantitative estimate of drug-likeness (QED) is 0.572. The van der Waals surface area contributed by atoms with Gasteiger partial charge in [-0.3, -0.25) is 14.5 Å². The lowest BCUT2D eigenvalue weighted by molar-refractivity contribution is -0.145. The molecule has 3 aliphatic rings. The van der Waals surface area contributed by atoms with Crippen LogP contribution in [-0.2, 0) is 19.6 Å². The van der Waals surface area contributed by atoms with Crippen molar-refractivity contribution < 1.29 is 22.7 Å². The van der Waals surface area contributed by atoms with Gasteiger partial charge < -0.3 is 4.74 Å². The summed E-state index contributed by atoms with van der Waals surface area (Å²) in [6, 6.07) is 4.60. The van der Waals surface area contributed by atoms with Gasteiger partial charge in [0.2, 0.25) is 21.8 Å². The summed E-state index contributed by atoms with van der Waals surface area (Å²) in [5.74, 6) is -0.612. The molecule has 7 nitrogen and oxygen atoms in total. The molecule has 8 heteroatoms. The van der Waals surface area contributed by atoms with Gasteiger partial charge in [-0.05, 0) is 37.5 Å². The van der Waals surface area contributed by atoms with Gasteiger partial charge in [0.05, 0.1) is 25.0 Å². The summed E-state index contributed by atoms with van der Waals surface area (Å²) in [6.07, 6.45) is 5.05. The molecule has 0 bridgehead atoms. The Bertz CT molecular complexity index is 907. The largest absolute Gasteiger partial charge is 0.495 e. The summed E-state index contributed by atoms with van der Waals surface area (Å²) in [5.41, 5.74) is 0.813. The van der Waals surface area contributed by atoms with E-state index in [4.69, 9.17) is 4.74 Å². The summed E-state index contributed by atoms with van der Waals surface area (Å²) < 4.78 is 32.4. The lowest BCUT2D eigenvalue weighted by atomic mass is 9.85. The normalized spacial score (nSPS) is 26.2. The summed E-state index contributed by atoms with van der Waals surface area (Å²) in [4.78, 5) is 26.7. The standard InChI is InChI=1S/C19H22N2O5S/c1-12-7-8-16(26-2)17(9-12)27(24,25)20-10-13(11-20)21-18(22)14-5-3-4-6-15(14)19(21)23/h3-4,7-9,13-15H,5-6,10-11H2,1-2H3/t14-,15-/m1/s1. The Morgan fingerprint density at radius 3 is 2.19 bits per heavy atom. The minimum atomic E-state index is -3.74. The highest BCUT2D eigenvalue weighted by atomic mass is 32.2. The van der Waals surface area contributed by atoms with Crippen molar-refractivity contribution in [3.05, 3.63) is 35.9 Å². The van der Waals surface area contributed by atoms with E-state index in [1.54, 1.807) is 18.2 Å². The monoisotopic (exact) mass is 390 g/mol. The van der Waals surface area contributed by atoms with Crippen molar-refractivity contribution in [2.75, 3.05) is 20.2 Å². The first-order valence-corrected chi connectivity index (χ1v) is 10.5. The molecule has 2 atom stereocenters. The van der Waals surface area contributed by atoms with E-state index in [2.05, 4.69) is 0 Å². The third-order valence-electron chi connectivity index (χ3n) is 5.67. The fourth-order valence-corrected chi connectivity index (χ4v) is 5.84. The fraction of sp³-hybridized carbons (Fsp3) is 0.474. The summed E-state index contributed by atoms with van der Waals surface area (Å²) in [7, 11) is -2.31. The molecule has 4 rings (SSSR count). The number of methoxy groups -OCH3 is 1. The minimum absolute atomic E-state index is 0.111. The second-order valence-electron chi connectivity index (χ2n) is 7.33. The van der Waals surface area contributed by atoms with E-state index in [0.29, 0.717) is 12.8 Å². The van der Waals surface area contributed by atoms with Crippen LogP contribution in [0.1, 0.15) is 18.4 Å². The molecule has 1 aliphatic carbocycles. The molecule has 1 aromatic carbocycles. The third kappa shape index (κ3) is 2.78. The van der Waals surface area contributed by atoms with E-state index in [0.717, 1.165) is 5.56 Å². The third-order valence-corrected chi connectivity index (χ3v) is 7.53. The SMILES string of the molecule is COc1ccc(C)cc1S(=O)(=O)N1CC(N2C(=O)[C@@H]3CC=CC[C@H]3C2=O)C1. The van der Waals surface area contributed by atoms with Gasteiger partial charge in [0.15, 0.2) is 0 Å². The van der Waals surface area contributed by atoms with Crippen LogP contribution in [0.25, 0.3) is 0 Å². The van der Waals surface area contributed by atoms with E-state index in [1.165, 1.54) is 16.3 Å². The lowest BCUT2D eigenvalue weighted by Gasteiger charge is -2.42. The lowest BCUT2D eigenvalue weighted by Crippen LogP contribution is -2.62. The van der Waals surface area contributed by atoms with Crippen LogP contribution in [0.4, 0.5) is 0 Å². The van der Waals surface area contributed by atoms with Crippen LogP contribution < -0.4 is 4.74 Å². The van der Waals surface area contributed by atoms with Crippen molar-refractivity contribution in [1.82, 2.24) is 9.21 Å². The Labute approximate surface area is 158 Å². The van der Waals surface area contributed by atoms with Crippen molar-refractivity contribution in [2.24, 2.45) is 11.8 Å². The van der Waals surface area contributed by atoms with Crippen LogP contribution in [0.5, 0.6) is 5.75 Å². The van der Waals surface area contributed by atoms with Crippen LogP contribution in [0, 0.1) is 18.8 Å². The van der Waals surface area contributed by atoms with Crippen LogP contribution in [0.2, 0.25) is 0 Å². The molecule has 2 saturated heterocycles. The van der Waals surface area contributed by atoms with Crippen LogP contribution in [-0.4, -0.2) is 55.7 Å². The second kappa shape index (κ2) is 6.45. The highest BCUT2D eigenvalue weighted by molar-refractivity contribution is 7.89. The number of hydrogen-bond acceptors (Lipinski definition) is 5. The highest BCUT2D eigenvalue weighted by Crippen LogP contribution is 2.39.